The van der Waals surface area contributed by atoms with Gasteiger partial charge in [0.2, 0.25) is 0 Å². The van der Waals surface area contributed by atoms with Gasteiger partial charge in [-0.1, -0.05) is 0 Å². The molecule has 2 aromatic rings. The molecule has 1 aliphatic rings. The van der Waals surface area contributed by atoms with E-state index in [0.29, 0.717) is 6.04 Å². The monoisotopic (exact) mass is 304 g/mol. The van der Waals surface area contributed by atoms with E-state index in [-0.39, 0.29) is 6.04 Å². The predicted octanol–water partition coefficient (Wildman–Crippen LogP) is 3.15. The van der Waals surface area contributed by atoms with E-state index in [2.05, 4.69) is 31.2 Å². The number of fused-ring (bicyclic) bond motifs is 1. The van der Waals surface area contributed by atoms with Crippen LogP contribution in [-0.2, 0) is 19.9 Å². The largest absolute Gasteiger partial charge is 0.302 e. The summed E-state index contributed by atoms with van der Waals surface area (Å²) in [4.78, 5) is 6.44. The van der Waals surface area contributed by atoms with E-state index >= 15 is 0 Å². The van der Waals surface area contributed by atoms with Gasteiger partial charge >= 0.3 is 0 Å². The number of nitrogens with one attached hydrogen (secondary N) is 1. The first-order chi connectivity index (χ1) is 10.1. The molecule has 1 N–H and O–H groups in total. The van der Waals surface area contributed by atoms with Crippen LogP contribution in [0.5, 0.6) is 0 Å². The summed E-state index contributed by atoms with van der Waals surface area (Å²) in [7, 11) is 2.00. The lowest BCUT2D eigenvalue weighted by molar-refractivity contribution is 0.523. The molecule has 4 nitrogen and oxygen atoms in total. The zero-order valence-corrected chi connectivity index (χ0v) is 14.1. The highest BCUT2D eigenvalue weighted by Crippen LogP contribution is 2.33. The minimum absolute atomic E-state index is 0.161. The Kier molecular flexibility index (Phi) is 4.13. The summed E-state index contributed by atoms with van der Waals surface area (Å²) in [6.07, 6.45) is 6.92. The van der Waals surface area contributed by atoms with E-state index < -0.39 is 0 Å². The van der Waals surface area contributed by atoms with E-state index in [1.165, 1.54) is 46.1 Å². The van der Waals surface area contributed by atoms with Crippen LogP contribution in [0.4, 0.5) is 0 Å². The van der Waals surface area contributed by atoms with Gasteiger partial charge in [0.1, 0.15) is 5.01 Å². The SMILES string of the molecule is Cc1c(C(NC(C)C)c2nc3c(s2)CCCC3)cnn1C. The molecule has 2 heterocycles. The second kappa shape index (κ2) is 5.89. The summed E-state index contributed by atoms with van der Waals surface area (Å²) in [6.45, 7) is 6.50. The fourth-order valence-electron chi connectivity index (χ4n) is 2.92. The van der Waals surface area contributed by atoms with Gasteiger partial charge in [0, 0.05) is 29.2 Å². The van der Waals surface area contributed by atoms with Crippen LogP contribution in [-0.4, -0.2) is 20.8 Å². The number of aryl methyl sites for hydroxylation is 3. The third kappa shape index (κ3) is 2.90. The van der Waals surface area contributed by atoms with Gasteiger partial charge in [0.15, 0.2) is 0 Å². The van der Waals surface area contributed by atoms with Gasteiger partial charge in [-0.05, 0) is 46.5 Å². The van der Waals surface area contributed by atoms with Crippen molar-refractivity contribution in [3.05, 3.63) is 33.0 Å². The Bertz CT molecular complexity index is 603. The quantitative estimate of drug-likeness (QED) is 0.943. The van der Waals surface area contributed by atoms with Gasteiger partial charge in [-0.25, -0.2) is 4.98 Å². The van der Waals surface area contributed by atoms with Crippen molar-refractivity contribution in [2.24, 2.45) is 7.05 Å². The average Bonchev–Trinajstić information content (AvgIpc) is 3.01. The molecule has 21 heavy (non-hydrogen) atoms. The van der Waals surface area contributed by atoms with Crippen molar-refractivity contribution in [1.82, 2.24) is 20.1 Å². The lowest BCUT2D eigenvalue weighted by atomic mass is 10.0. The summed E-state index contributed by atoms with van der Waals surface area (Å²) in [6, 6.07) is 0.574. The van der Waals surface area contributed by atoms with Crippen molar-refractivity contribution in [3.8, 4) is 0 Å². The molecule has 0 fully saturated rings. The molecule has 5 heteroatoms. The summed E-state index contributed by atoms with van der Waals surface area (Å²) >= 11 is 1.89. The molecule has 0 aromatic carbocycles. The van der Waals surface area contributed by atoms with Gasteiger partial charge < -0.3 is 5.32 Å². The third-order valence-electron chi connectivity index (χ3n) is 4.19. The van der Waals surface area contributed by atoms with Crippen molar-refractivity contribution in [2.45, 2.75) is 58.5 Å². The van der Waals surface area contributed by atoms with Crippen molar-refractivity contribution in [3.63, 3.8) is 0 Å². The van der Waals surface area contributed by atoms with E-state index in [1.807, 2.05) is 29.3 Å². The summed E-state index contributed by atoms with van der Waals surface area (Å²) in [5, 5.41) is 9.28. The molecule has 1 aliphatic carbocycles. The molecule has 0 radical (unpaired) electrons. The Balaban J connectivity index is 1.99. The molecule has 0 amide bonds. The Morgan fingerprint density at radius 2 is 2.05 bits per heavy atom. The molecule has 0 spiro atoms. The molecule has 114 valence electrons. The van der Waals surface area contributed by atoms with Crippen LogP contribution in [0.15, 0.2) is 6.20 Å². The second-order valence-corrected chi connectivity index (χ2v) is 7.31. The molecule has 2 aromatic heterocycles. The van der Waals surface area contributed by atoms with Crippen LogP contribution >= 0.6 is 11.3 Å². The maximum absolute atomic E-state index is 4.95. The van der Waals surface area contributed by atoms with Gasteiger partial charge in [-0.3, -0.25) is 4.68 Å². The molecule has 0 bridgehead atoms. The van der Waals surface area contributed by atoms with E-state index in [4.69, 9.17) is 4.98 Å². The molecule has 1 unspecified atom stereocenters. The minimum Gasteiger partial charge on any atom is -0.302 e. The first kappa shape index (κ1) is 14.7. The number of nitrogens with zero attached hydrogens (tertiary/aromatic N) is 3. The lowest BCUT2D eigenvalue weighted by Crippen LogP contribution is -2.29. The Morgan fingerprint density at radius 1 is 1.29 bits per heavy atom. The molecule has 0 aliphatic heterocycles. The first-order valence-corrected chi connectivity index (χ1v) is 8.61. The second-order valence-electron chi connectivity index (χ2n) is 6.19. The predicted molar refractivity (Wildman–Crippen MR) is 86.8 cm³/mol. The standard InChI is InChI=1S/C16H24N4S/c1-10(2)18-15(12-9-17-20(4)11(12)3)16-19-13-7-5-6-8-14(13)21-16/h9-10,15,18H,5-8H2,1-4H3. The number of thiazole rings is 1. The van der Waals surface area contributed by atoms with Crippen molar-refractivity contribution in [1.29, 1.82) is 0 Å². The first-order valence-electron chi connectivity index (χ1n) is 7.79. The fourth-order valence-corrected chi connectivity index (χ4v) is 4.16. The number of aromatic nitrogens is 3. The number of hydrogen-bond donors (Lipinski definition) is 1. The maximum Gasteiger partial charge on any atom is 0.115 e. The molecular weight excluding hydrogens is 280 g/mol. The fraction of sp³-hybridized carbons (Fsp3) is 0.625. The van der Waals surface area contributed by atoms with Crippen LogP contribution in [0.3, 0.4) is 0 Å². The average molecular weight is 304 g/mol. The lowest BCUT2D eigenvalue weighted by Gasteiger charge is -2.19. The summed E-state index contributed by atoms with van der Waals surface area (Å²) < 4.78 is 1.94. The molecular formula is C16H24N4S. The molecule has 0 saturated heterocycles. The third-order valence-corrected chi connectivity index (χ3v) is 5.42. The highest BCUT2D eigenvalue weighted by Gasteiger charge is 2.25. The van der Waals surface area contributed by atoms with Crippen LogP contribution < -0.4 is 5.32 Å². The summed E-state index contributed by atoms with van der Waals surface area (Å²) in [5.74, 6) is 0. The number of rotatable bonds is 4. The van der Waals surface area contributed by atoms with Crippen molar-refractivity contribution < 1.29 is 0 Å². The molecule has 1 atom stereocenters. The zero-order valence-electron chi connectivity index (χ0n) is 13.3. The van der Waals surface area contributed by atoms with E-state index in [0.717, 1.165) is 6.42 Å². The highest BCUT2D eigenvalue weighted by molar-refractivity contribution is 7.11. The highest BCUT2D eigenvalue weighted by atomic mass is 32.1. The van der Waals surface area contributed by atoms with Gasteiger partial charge in [0.05, 0.1) is 17.9 Å². The van der Waals surface area contributed by atoms with E-state index in [1.54, 1.807) is 0 Å². The van der Waals surface area contributed by atoms with Crippen molar-refractivity contribution in [2.75, 3.05) is 0 Å². The zero-order chi connectivity index (χ0) is 15.0. The van der Waals surface area contributed by atoms with Crippen molar-refractivity contribution >= 4 is 11.3 Å². The van der Waals surface area contributed by atoms with Crippen LogP contribution in [0.25, 0.3) is 0 Å². The minimum atomic E-state index is 0.161. The van der Waals surface area contributed by atoms with E-state index in [9.17, 15) is 0 Å². The van der Waals surface area contributed by atoms with Crippen LogP contribution in [0, 0.1) is 6.92 Å². The molecule has 3 rings (SSSR count). The smallest absolute Gasteiger partial charge is 0.115 e. The topological polar surface area (TPSA) is 42.7 Å². The maximum atomic E-state index is 4.95. The normalized spacial score (nSPS) is 16.2. The van der Waals surface area contributed by atoms with Gasteiger partial charge in [0.25, 0.3) is 0 Å². The Morgan fingerprint density at radius 3 is 2.67 bits per heavy atom. The van der Waals surface area contributed by atoms with Crippen LogP contribution in [0.2, 0.25) is 0 Å². The summed E-state index contributed by atoms with van der Waals surface area (Å²) in [5.41, 5.74) is 3.79. The Labute approximate surface area is 130 Å². The molecule has 0 saturated carbocycles. The van der Waals surface area contributed by atoms with Gasteiger partial charge in [-0.2, -0.15) is 5.10 Å². The van der Waals surface area contributed by atoms with Gasteiger partial charge in [-0.15, -0.1) is 11.3 Å². The van der Waals surface area contributed by atoms with Crippen LogP contribution in [0.1, 0.15) is 59.6 Å². The Hall–Kier alpha value is -1.20. The number of hydrogen-bond acceptors (Lipinski definition) is 4.